The summed E-state index contributed by atoms with van der Waals surface area (Å²) in [5.74, 6) is 0.652. The highest BCUT2D eigenvalue weighted by Crippen LogP contribution is 2.24. The predicted molar refractivity (Wildman–Crippen MR) is 39.4 cm³/mol. The van der Waals surface area contributed by atoms with Gasteiger partial charge >= 0.3 is 5.97 Å². The van der Waals surface area contributed by atoms with E-state index in [4.69, 9.17) is 0 Å². The van der Waals surface area contributed by atoms with Gasteiger partial charge in [0.1, 0.15) is 18.2 Å². The number of hydrogen-bond donors (Lipinski definition) is 0. The first-order valence-corrected chi connectivity index (χ1v) is 3.79. The second-order valence-corrected chi connectivity index (χ2v) is 2.73. The number of ether oxygens (including phenoxy) is 1. The summed E-state index contributed by atoms with van der Waals surface area (Å²) >= 11 is 0. The molecule has 0 aromatic carbocycles. The minimum Gasteiger partial charge on any atom is -0.467 e. The third kappa shape index (κ3) is 0.895. The standard InChI is InChI=1S/C7H9N3O2/c1-12-7(11)5-2-3-6-9-8-4-10(5)6/h4-5H,2-3H2,1H3/t5-/m0/s1. The maximum absolute atomic E-state index is 11.2. The van der Waals surface area contributed by atoms with Crippen molar-refractivity contribution in [2.45, 2.75) is 18.9 Å². The molecule has 0 saturated heterocycles. The average molecular weight is 167 g/mol. The Morgan fingerprint density at radius 3 is 3.42 bits per heavy atom. The molecule has 0 spiro atoms. The van der Waals surface area contributed by atoms with Crippen LogP contribution in [0.1, 0.15) is 18.3 Å². The first-order chi connectivity index (χ1) is 5.83. The predicted octanol–water partition coefficient (Wildman–Crippen LogP) is -0.0616. The van der Waals surface area contributed by atoms with Gasteiger partial charge < -0.3 is 9.30 Å². The number of aryl methyl sites for hydroxylation is 1. The molecule has 5 heteroatoms. The van der Waals surface area contributed by atoms with Gasteiger partial charge in [-0.15, -0.1) is 10.2 Å². The molecule has 5 nitrogen and oxygen atoms in total. The lowest BCUT2D eigenvalue weighted by atomic mass is 10.2. The van der Waals surface area contributed by atoms with Crippen molar-refractivity contribution >= 4 is 5.97 Å². The van der Waals surface area contributed by atoms with Crippen LogP contribution in [0.25, 0.3) is 0 Å². The van der Waals surface area contributed by atoms with Crippen molar-refractivity contribution in [2.75, 3.05) is 7.11 Å². The van der Waals surface area contributed by atoms with Gasteiger partial charge in [0.25, 0.3) is 0 Å². The Labute approximate surface area is 69.4 Å². The summed E-state index contributed by atoms with van der Waals surface area (Å²) in [6.45, 7) is 0. The zero-order valence-electron chi connectivity index (χ0n) is 6.73. The van der Waals surface area contributed by atoms with Crippen molar-refractivity contribution in [3.8, 4) is 0 Å². The lowest BCUT2D eigenvalue weighted by molar-refractivity contribution is -0.144. The van der Waals surface area contributed by atoms with E-state index in [2.05, 4.69) is 14.9 Å². The van der Waals surface area contributed by atoms with Crippen molar-refractivity contribution in [3.05, 3.63) is 12.2 Å². The topological polar surface area (TPSA) is 57.0 Å². The zero-order valence-corrected chi connectivity index (χ0v) is 6.73. The van der Waals surface area contributed by atoms with Gasteiger partial charge in [0.15, 0.2) is 0 Å². The van der Waals surface area contributed by atoms with Crippen LogP contribution >= 0.6 is 0 Å². The highest BCUT2D eigenvalue weighted by molar-refractivity contribution is 5.74. The Kier molecular flexibility index (Phi) is 1.56. The van der Waals surface area contributed by atoms with Crippen LogP contribution < -0.4 is 0 Å². The van der Waals surface area contributed by atoms with E-state index in [-0.39, 0.29) is 12.0 Å². The summed E-state index contributed by atoms with van der Waals surface area (Å²) in [5, 5.41) is 7.58. The van der Waals surface area contributed by atoms with Crippen LogP contribution in [0.15, 0.2) is 6.33 Å². The molecule has 1 aromatic heterocycles. The van der Waals surface area contributed by atoms with Gasteiger partial charge in [0.2, 0.25) is 0 Å². The Morgan fingerprint density at radius 1 is 1.83 bits per heavy atom. The quantitative estimate of drug-likeness (QED) is 0.550. The number of aromatic nitrogens is 3. The van der Waals surface area contributed by atoms with Crippen molar-refractivity contribution < 1.29 is 9.53 Å². The SMILES string of the molecule is COC(=O)[C@@H]1CCc2nncn21. The number of hydrogen-bond acceptors (Lipinski definition) is 4. The van der Waals surface area contributed by atoms with E-state index in [9.17, 15) is 4.79 Å². The van der Waals surface area contributed by atoms with E-state index < -0.39 is 0 Å². The first kappa shape index (κ1) is 7.27. The molecule has 0 unspecified atom stereocenters. The molecular formula is C7H9N3O2. The van der Waals surface area contributed by atoms with Crippen molar-refractivity contribution in [3.63, 3.8) is 0 Å². The van der Waals surface area contributed by atoms with Gasteiger partial charge in [0.05, 0.1) is 7.11 Å². The second kappa shape index (κ2) is 2.58. The van der Waals surface area contributed by atoms with Gasteiger partial charge in [0, 0.05) is 6.42 Å². The molecule has 0 bridgehead atoms. The number of carbonyl (C=O) groups excluding carboxylic acids is 1. The highest BCUT2D eigenvalue weighted by atomic mass is 16.5. The summed E-state index contributed by atoms with van der Waals surface area (Å²) in [6.07, 6.45) is 3.15. The second-order valence-electron chi connectivity index (χ2n) is 2.73. The molecule has 2 rings (SSSR count). The van der Waals surface area contributed by atoms with Crippen LogP contribution in [-0.4, -0.2) is 27.8 Å². The maximum Gasteiger partial charge on any atom is 0.328 e. The van der Waals surface area contributed by atoms with E-state index in [1.807, 2.05) is 0 Å². The van der Waals surface area contributed by atoms with Crippen molar-refractivity contribution in [1.82, 2.24) is 14.8 Å². The Morgan fingerprint density at radius 2 is 2.67 bits per heavy atom. The molecule has 0 amide bonds. The molecule has 0 radical (unpaired) electrons. The summed E-state index contributed by atoms with van der Waals surface area (Å²) in [5.41, 5.74) is 0. The number of nitrogens with zero attached hydrogens (tertiary/aromatic N) is 3. The normalized spacial score (nSPS) is 20.6. The summed E-state index contributed by atoms with van der Waals surface area (Å²) in [6, 6.07) is -0.208. The highest BCUT2D eigenvalue weighted by Gasteiger charge is 2.29. The first-order valence-electron chi connectivity index (χ1n) is 3.79. The van der Waals surface area contributed by atoms with Gasteiger partial charge in [-0.1, -0.05) is 0 Å². The van der Waals surface area contributed by atoms with Crippen LogP contribution in [0.3, 0.4) is 0 Å². The van der Waals surface area contributed by atoms with E-state index >= 15 is 0 Å². The fourth-order valence-electron chi connectivity index (χ4n) is 1.48. The lowest BCUT2D eigenvalue weighted by Gasteiger charge is -2.07. The molecule has 0 N–H and O–H groups in total. The van der Waals surface area contributed by atoms with E-state index in [1.165, 1.54) is 7.11 Å². The average Bonchev–Trinajstić information content (AvgIpc) is 2.62. The van der Waals surface area contributed by atoms with E-state index in [1.54, 1.807) is 10.9 Å². The molecule has 1 aromatic rings. The van der Waals surface area contributed by atoms with Crippen LogP contribution in [0, 0.1) is 0 Å². The maximum atomic E-state index is 11.2. The Balaban J connectivity index is 2.28. The summed E-state index contributed by atoms with van der Waals surface area (Å²) in [7, 11) is 1.39. The number of esters is 1. The minimum atomic E-state index is -0.214. The van der Waals surface area contributed by atoms with Crippen molar-refractivity contribution in [1.29, 1.82) is 0 Å². The number of methoxy groups -OCH3 is 1. The molecule has 2 heterocycles. The van der Waals surface area contributed by atoms with Crippen LogP contribution in [0.5, 0.6) is 0 Å². The fraction of sp³-hybridized carbons (Fsp3) is 0.571. The molecule has 64 valence electrons. The van der Waals surface area contributed by atoms with Gasteiger partial charge in [-0.25, -0.2) is 4.79 Å². The van der Waals surface area contributed by atoms with E-state index in [0.29, 0.717) is 0 Å². The molecule has 12 heavy (non-hydrogen) atoms. The minimum absolute atomic E-state index is 0.208. The third-order valence-corrected chi connectivity index (χ3v) is 2.10. The molecule has 1 atom stereocenters. The molecule has 1 aliphatic rings. The lowest BCUT2D eigenvalue weighted by Crippen LogP contribution is -2.16. The molecule has 0 aliphatic carbocycles. The molecule has 1 aliphatic heterocycles. The molecule has 0 fully saturated rings. The van der Waals surface area contributed by atoms with Gasteiger partial charge in [-0.2, -0.15) is 0 Å². The largest absolute Gasteiger partial charge is 0.467 e. The zero-order chi connectivity index (χ0) is 8.55. The Hall–Kier alpha value is -1.39. The van der Waals surface area contributed by atoms with Crippen LogP contribution in [0.2, 0.25) is 0 Å². The van der Waals surface area contributed by atoms with E-state index in [0.717, 1.165) is 18.7 Å². The van der Waals surface area contributed by atoms with Crippen molar-refractivity contribution in [2.24, 2.45) is 0 Å². The number of fused-ring (bicyclic) bond motifs is 1. The third-order valence-electron chi connectivity index (χ3n) is 2.10. The molecular weight excluding hydrogens is 158 g/mol. The summed E-state index contributed by atoms with van der Waals surface area (Å²) < 4.78 is 6.41. The van der Waals surface area contributed by atoms with Gasteiger partial charge in [-0.05, 0) is 6.42 Å². The summed E-state index contributed by atoms with van der Waals surface area (Å²) in [4.78, 5) is 11.2. The molecule has 0 saturated carbocycles. The van der Waals surface area contributed by atoms with Crippen LogP contribution in [0.4, 0.5) is 0 Å². The Bertz CT molecular complexity index is 307. The van der Waals surface area contributed by atoms with Crippen LogP contribution in [-0.2, 0) is 16.0 Å². The smallest absolute Gasteiger partial charge is 0.328 e. The number of carbonyl (C=O) groups is 1. The monoisotopic (exact) mass is 167 g/mol. The van der Waals surface area contributed by atoms with Gasteiger partial charge in [-0.3, -0.25) is 0 Å². The fourth-order valence-corrected chi connectivity index (χ4v) is 1.48. The number of rotatable bonds is 1.